The quantitative estimate of drug-likeness (QED) is 0.475. The van der Waals surface area contributed by atoms with Gasteiger partial charge in [-0.3, -0.25) is 4.79 Å². The summed E-state index contributed by atoms with van der Waals surface area (Å²) in [5.41, 5.74) is 0.953. The maximum atomic E-state index is 12.5. The Balaban J connectivity index is 1.25. The van der Waals surface area contributed by atoms with Gasteiger partial charge in [-0.05, 0) is 93.1 Å². The van der Waals surface area contributed by atoms with E-state index in [-0.39, 0.29) is 12.5 Å². The predicted octanol–water partition coefficient (Wildman–Crippen LogP) is 4.40. The number of para-hydroxylation sites is 1. The maximum absolute atomic E-state index is 12.5. The third-order valence-corrected chi connectivity index (χ3v) is 8.23. The van der Waals surface area contributed by atoms with Crippen molar-refractivity contribution in [2.24, 2.45) is 29.1 Å². The van der Waals surface area contributed by atoms with E-state index in [0.29, 0.717) is 41.8 Å². The first-order valence-electron chi connectivity index (χ1n) is 12.8. The summed E-state index contributed by atoms with van der Waals surface area (Å²) in [6, 6.07) is 7.70. The number of aliphatic hydroxyl groups is 1. The highest BCUT2D eigenvalue weighted by atomic mass is 16.5. The minimum Gasteiger partial charge on any atom is -0.490 e. The Labute approximate surface area is 193 Å². The Morgan fingerprint density at radius 1 is 1.09 bits per heavy atom. The molecular weight excluding hydrogens is 400 g/mol. The maximum Gasteiger partial charge on any atom is 0.255 e. The predicted molar refractivity (Wildman–Crippen MR) is 128 cm³/mol. The lowest BCUT2D eigenvalue weighted by molar-refractivity contribution is -0.0719. The Bertz CT molecular complexity index is 743. The zero-order chi connectivity index (χ0) is 22.7. The molecule has 0 saturated heterocycles. The largest absolute Gasteiger partial charge is 0.490 e. The second kappa shape index (κ2) is 10.1. The molecule has 3 N–H and O–H groups in total. The fourth-order valence-electron chi connectivity index (χ4n) is 6.83. The van der Waals surface area contributed by atoms with Crippen molar-refractivity contribution in [3.63, 3.8) is 0 Å². The average Bonchev–Trinajstić information content (AvgIpc) is 2.75. The van der Waals surface area contributed by atoms with Gasteiger partial charge in [0.05, 0.1) is 5.56 Å². The number of ether oxygens (including phenoxy) is 1. The van der Waals surface area contributed by atoms with Gasteiger partial charge in [0.25, 0.3) is 5.91 Å². The van der Waals surface area contributed by atoms with Crippen LogP contribution in [0, 0.1) is 29.1 Å². The van der Waals surface area contributed by atoms with Crippen LogP contribution in [0.3, 0.4) is 0 Å². The van der Waals surface area contributed by atoms with Crippen LogP contribution in [0.5, 0.6) is 5.75 Å². The molecule has 32 heavy (non-hydrogen) atoms. The molecule has 1 aromatic rings. The minimum atomic E-state index is -0.608. The summed E-state index contributed by atoms with van der Waals surface area (Å²) in [6.45, 7) is 7.95. The van der Waals surface area contributed by atoms with Crippen molar-refractivity contribution < 1.29 is 14.6 Å². The summed E-state index contributed by atoms with van der Waals surface area (Å²) in [7, 11) is 0. The molecule has 4 bridgehead atoms. The fraction of sp³-hybridized carbons (Fsp3) is 0.741. The molecule has 0 heterocycles. The Kier molecular flexibility index (Phi) is 7.46. The molecule has 5 rings (SSSR count). The number of nitrogens with one attached hydrogen (secondary N) is 2. The van der Waals surface area contributed by atoms with Crippen LogP contribution in [0.2, 0.25) is 0 Å². The van der Waals surface area contributed by atoms with Crippen LogP contribution in [-0.4, -0.2) is 42.9 Å². The summed E-state index contributed by atoms with van der Waals surface area (Å²) in [6.07, 6.45) is 8.77. The fourth-order valence-corrected chi connectivity index (χ4v) is 6.83. The van der Waals surface area contributed by atoms with Crippen molar-refractivity contribution in [1.29, 1.82) is 0 Å². The van der Waals surface area contributed by atoms with Crippen LogP contribution in [0.25, 0.3) is 0 Å². The number of rotatable bonds is 11. The topological polar surface area (TPSA) is 70.6 Å². The average molecular weight is 443 g/mol. The first-order chi connectivity index (χ1) is 15.3. The van der Waals surface area contributed by atoms with Crippen molar-refractivity contribution >= 4 is 5.91 Å². The first-order valence-corrected chi connectivity index (χ1v) is 12.8. The zero-order valence-corrected chi connectivity index (χ0v) is 20.1. The molecule has 0 aromatic heterocycles. The van der Waals surface area contributed by atoms with E-state index < -0.39 is 6.10 Å². The molecule has 4 aliphatic rings. The summed E-state index contributed by atoms with van der Waals surface area (Å²) >= 11 is 0. The van der Waals surface area contributed by atoms with Crippen LogP contribution in [0.15, 0.2) is 24.3 Å². The van der Waals surface area contributed by atoms with Crippen molar-refractivity contribution in [2.75, 3.05) is 19.7 Å². The molecule has 2 atom stereocenters. The molecule has 4 saturated carbocycles. The third-order valence-electron chi connectivity index (χ3n) is 8.23. The van der Waals surface area contributed by atoms with E-state index in [2.05, 4.69) is 31.4 Å². The molecule has 178 valence electrons. The van der Waals surface area contributed by atoms with Gasteiger partial charge in [0.1, 0.15) is 18.5 Å². The van der Waals surface area contributed by atoms with Crippen LogP contribution in [-0.2, 0) is 0 Å². The van der Waals surface area contributed by atoms with E-state index in [1.165, 1.54) is 38.5 Å². The molecule has 0 radical (unpaired) electrons. The van der Waals surface area contributed by atoms with Gasteiger partial charge in [-0.2, -0.15) is 0 Å². The number of benzene rings is 1. The Hall–Kier alpha value is -1.59. The molecule has 2 unspecified atom stereocenters. The van der Waals surface area contributed by atoms with Crippen molar-refractivity contribution in [3.05, 3.63) is 29.8 Å². The van der Waals surface area contributed by atoms with Crippen LogP contribution in [0.4, 0.5) is 0 Å². The second-order valence-corrected chi connectivity index (χ2v) is 11.3. The van der Waals surface area contributed by atoms with E-state index in [9.17, 15) is 9.90 Å². The van der Waals surface area contributed by atoms with E-state index in [1.807, 2.05) is 12.1 Å². The second-order valence-electron chi connectivity index (χ2n) is 11.3. The van der Waals surface area contributed by atoms with Crippen LogP contribution < -0.4 is 15.4 Å². The molecule has 4 aliphatic carbocycles. The van der Waals surface area contributed by atoms with Gasteiger partial charge in [0, 0.05) is 19.1 Å². The van der Waals surface area contributed by atoms with Crippen molar-refractivity contribution in [3.8, 4) is 5.75 Å². The third kappa shape index (κ3) is 5.48. The van der Waals surface area contributed by atoms with E-state index in [4.69, 9.17) is 4.74 Å². The molecule has 0 aliphatic heterocycles. The van der Waals surface area contributed by atoms with Gasteiger partial charge < -0.3 is 20.5 Å². The first kappa shape index (κ1) is 23.6. The minimum absolute atomic E-state index is 0.121. The number of hydrogen-bond donors (Lipinski definition) is 3. The smallest absolute Gasteiger partial charge is 0.255 e. The molecular formula is C27H42N2O3. The van der Waals surface area contributed by atoms with Gasteiger partial charge in [-0.15, -0.1) is 0 Å². The zero-order valence-electron chi connectivity index (χ0n) is 20.1. The van der Waals surface area contributed by atoms with E-state index in [1.54, 1.807) is 12.1 Å². The number of amides is 1. The lowest BCUT2D eigenvalue weighted by Crippen LogP contribution is -2.55. The number of carbonyl (C=O) groups excluding carboxylic acids is 1. The number of carbonyl (C=O) groups is 1. The standard InChI is InChI=1S/C27H42N2O3/c1-18(2)8-9-28-26(31)24-6-4-5-7-25(24)32-17-23(30)16-29-19(3)27-13-20-10-21(14-27)12-22(11-20)15-27/h4-7,18-23,29-30H,8-17H2,1-3H3,(H,28,31). The highest BCUT2D eigenvalue weighted by Crippen LogP contribution is 2.61. The van der Waals surface area contributed by atoms with Crippen LogP contribution >= 0.6 is 0 Å². The Morgan fingerprint density at radius 2 is 1.72 bits per heavy atom. The normalized spacial score (nSPS) is 30.3. The van der Waals surface area contributed by atoms with E-state index >= 15 is 0 Å². The van der Waals surface area contributed by atoms with Gasteiger partial charge in [0.2, 0.25) is 0 Å². The molecule has 0 spiro atoms. The molecule has 1 amide bonds. The summed E-state index contributed by atoms with van der Waals surface area (Å²) < 4.78 is 5.88. The van der Waals surface area contributed by atoms with Gasteiger partial charge >= 0.3 is 0 Å². The van der Waals surface area contributed by atoms with E-state index in [0.717, 1.165) is 24.2 Å². The summed E-state index contributed by atoms with van der Waals surface area (Å²) in [5, 5.41) is 17.2. The monoisotopic (exact) mass is 442 g/mol. The summed E-state index contributed by atoms with van der Waals surface area (Å²) in [4.78, 5) is 12.5. The van der Waals surface area contributed by atoms with Crippen LogP contribution in [0.1, 0.15) is 76.1 Å². The van der Waals surface area contributed by atoms with Gasteiger partial charge in [-0.1, -0.05) is 26.0 Å². The molecule has 5 heteroatoms. The van der Waals surface area contributed by atoms with Crippen molar-refractivity contribution in [1.82, 2.24) is 10.6 Å². The lowest BCUT2D eigenvalue weighted by atomic mass is 9.48. The summed E-state index contributed by atoms with van der Waals surface area (Å²) in [5.74, 6) is 3.75. The molecule has 4 fully saturated rings. The Morgan fingerprint density at radius 3 is 2.34 bits per heavy atom. The number of hydrogen-bond acceptors (Lipinski definition) is 4. The van der Waals surface area contributed by atoms with Gasteiger partial charge in [0.15, 0.2) is 0 Å². The van der Waals surface area contributed by atoms with Crippen molar-refractivity contribution in [2.45, 2.75) is 77.9 Å². The highest BCUT2D eigenvalue weighted by Gasteiger charge is 2.52. The van der Waals surface area contributed by atoms with Gasteiger partial charge in [-0.25, -0.2) is 0 Å². The molecule has 5 nitrogen and oxygen atoms in total. The number of aliphatic hydroxyl groups excluding tert-OH is 1. The SMILES string of the molecule is CC(C)CCNC(=O)c1ccccc1OCC(O)CNC(C)C12CC3CC(CC(C3)C1)C2. The lowest BCUT2D eigenvalue weighted by Gasteiger charge is -2.59. The highest BCUT2D eigenvalue weighted by molar-refractivity contribution is 5.96. The molecule has 1 aromatic carbocycles.